The second-order valence-corrected chi connectivity index (χ2v) is 7.88. The van der Waals surface area contributed by atoms with Crippen LogP contribution in [0.15, 0.2) is 47.4 Å². The van der Waals surface area contributed by atoms with Gasteiger partial charge in [0.25, 0.3) is 10.0 Å². The van der Waals surface area contributed by atoms with Gasteiger partial charge in [-0.3, -0.25) is 19.1 Å². The van der Waals surface area contributed by atoms with Gasteiger partial charge >= 0.3 is 0 Å². The number of nitrogens with zero attached hydrogens (tertiary/aromatic N) is 1. The molecule has 1 aliphatic heterocycles. The third-order valence-electron chi connectivity index (χ3n) is 4.27. The summed E-state index contributed by atoms with van der Waals surface area (Å²) in [7, 11) is -2.67. The van der Waals surface area contributed by atoms with Gasteiger partial charge < -0.3 is 4.74 Å². The Labute approximate surface area is 162 Å². The van der Waals surface area contributed by atoms with E-state index >= 15 is 0 Å². The summed E-state index contributed by atoms with van der Waals surface area (Å²) in [5.41, 5.74) is 0.664. The monoisotopic (exact) mass is 402 g/mol. The van der Waals surface area contributed by atoms with Gasteiger partial charge in [0.2, 0.25) is 11.8 Å². The van der Waals surface area contributed by atoms with Crippen molar-refractivity contribution in [2.75, 3.05) is 16.7 Å². The van der Waals surface area contributed by atoms with Crippen LogP contribution >= 0.6 is 0 Å². The number of rotatable bonds is 6. The zero-order chi connectivity index (χ0) is 20.5. The van der Waals surface area contributed by atoms with Gasteiger partial charge in [0.05, 0.1) is 17.7 Å². The summed E-state index contributed by atoms with van der Waals surface area (Å²) in [6, 6.07) is 10.0. The Morgan fingerprint density at radius 1 is 1.07 bits per heavy atom. The van der Waals surface area contributed by atoms with Crippen molar-refractivity contribution < 1.29 is 27.5 Å². The van der Waals surface area contributed by atoms with Crippen LogP contribution in [-0.2, 0) is 19.6 Å². The van der Waals surface area contributed by atoms with Crippen molar-refractivity contribution >= 4 is 39.0 Å². The molecule has 1 saturated heterocycles. The van der Waals surface area contributed by atoms with Crippen LogP contribution in [-0.4, -0.2) is 33.1 Å². The second kappa shape index (κ2) is 7.43. The lowest BCUT2D eigenvalue weighted by molar-refractivity contribution is -0.121. The number of hydrogen-bond acceptors (Lipinski definition) is 6. The molecule has 0 spiro atoms. The fourth-order valence-electron chi connectivity index (χ4n) is 2.87. The zero-order valence-electron chi connectivity index (χ0n) is 15.3. The molecule has 1 N–H and O–H groups in total. The Kier molecular flexibility index (Phi) is 5.19. The fourth-order valence-corrected chi connectivity index (χ4v) is 3.94. The third-order valence-corrected chi connectivity index (χ3v) is 5.65. The van der Waals surface area contributed by atoms with Crippen molar-refractivity contribution in [1.29, 1.82) is 0 Å². The van der Waals surface area contributed by atoms with E-state index in [1.807, 2.05) is 0 Å². The maximum Gasteiger partial charge on any atom is 0.261 e. The number of ether oxygens (including phenoxy) is 1. The Bertz CT molecular complexity index is 1060. The molecule has 2 aromatic rings. The molecule has 8 nitrogen and oxygen atoms in total. The Balaban J connectivity index is 1.99. The minimum atomic E-state index is -4.03. The van der Waals surface area contributed by atoms with Crippen molar-refractivity contribution in [3.63, 3.8) is 0 Å². The van der Waals surface area contributed by atoms with Crippen molar-refractivity contribution in [2.45, 2.75) is 24.7 Å². The molecule has 3 rings (SSSR count). The lowest BCUT2D eigenvalue weighted by Gasteiger charge is -2.18. The van der Waals surface area contributed by atoms with Gasteiger partial charge in [-0.15, -0.1) is 0 Å². The molecule has 0 aliphatic carbocycles. The standard InChI is InChI=1S/C19H18N2O6S/c1-12(22)13-4-3-5-14(10-13)20-28(25,26)15-6-7-17(27-2)16(11-15)21-18(23)8-9-19(21)24/h3-7,10-11,20H,8-9H2,1-2H3. The minimum absolute atomic E-state index is 0.0645. The van der Waals surface area contributed by atoms with Gasteiger partial charge in [-0.25, -0.2) is 13.3 Å². The Hall–Kier alpha value is -3.20. The van der Waals surface area contributed by atoms with Crippen LogP contribution in [0.25, 0.3) is 0 Å². The average molecular weight is 402 g/mol. The van der Waals surface area contributed by atoms with Crippen LogP contribution in [0.3, 0.4) is 0 Å². The van der Waals surface area contributed by atoms with E-state index in [1.165, 1.54) is 44.4 Å². The minimum Gasteiger partial charge on any atom is -0.495 e. The van der Waals surface area contributed by atoms with E-state index in [0.717, 1.165) is 4.90 Å². The molecule has 0 atom stereocenters. The quantitative estimate of drug-likeness (QED) is 0.587. The molecule has 0 bridgehead atoms. The van der Waals surface area contributed by atoms with Gasteiger partial charge in [0.15, 0.2) is 5.78 Å². The summed E-state index contributed by atoms with van der Waals surface area (Å²) in [5, 5.41) is 0. The smallest absolute Gasteiger partial charge is 0.261 e. The molecule has 0 saturated carbocycles. The van der Waals surface area contributed by atoms with Gasteiger partial charge in [-0.2, -0.15) is 0 Å². The first-order valence-electron chi connectivity index (χ1n) is 8.40. The number of ketones is 1. The molecular weight excluding hydrogens is 384 g/mol. The van der Waals surface area contributed by atoms with E-state index in [9.17, 15) is 22.8 Å². The molecule has 9 heteroatoms. The van der Waals surface area contributed by atoms with Gasteiger partial charge in [0.1, 0.15) is 5.75 Å². The maximum atomic E-state index is 12.8. The first-order chi connectivity index (χ1) is 13.2. The van der Waals surface area contributed by atoms with Crippen molar-refractivity contribution in [3.8, 4) is 5.75 Å². The molecule has 146 valence electrons. The SMILES string of the molecule is COc1ccc(S(=O)(=O)Nc2cccc(C(C)=O)c2)cc1N1C(=O)CCC1=O. The van der Waals surface area contributed by atoms with Crippen molar-refractivity contribution in [2.24, 2.45) is 0 Å². The van der Waals surface area contributed by atoms with E-state index in [0.29, 0.717) is 5.56 Å². The maximum absolute atomic E-state index is 12.8. The van der Waals surface area contributed by atoms with Crippen LogP contribution in [0.4, 0.5) is 11.4 Å². The normalized spacial score (nSPS) is 14.3. The predicted molar refractivity (Wildman–Crippen MR) is 102 cm³/mol. The van der Waals surface area contributed by atoms with Gasteiger partial charge in [-0.05, 0) is 37.3 Å². The topological polar surface area (TPSA) is 110 Å². The number of hydrogen-bond donors (Lipinski definition) is 1. The molecular formula is C19H18N2O6S. The molecule has 2 aromatic carbocycles. The van der Waals surface area contributed by atoms with Crippen molar-refractivity contribution in [3.05, 3.63) is 48.0 Å². The summed E-state index contributed by atoms with van der Waals surface area (Å²) >= 11 is 0. The highest BCUT2D eigenvalue weighted by Gasteiger charge is 2.33. The number of anilines is 2. The molecule has 0 unspecified atom stereocenters. The first-order valence-corrected chi connectivity index (χ1v) is 9.89. The molecule has 1 fully saturated rings. The lowest BCUT2D eigenvalue weighted by atomic mass is 10.1. The number of methoxy groups -OCH3 is 1. The summed E-state index contributed by atoms with van der Waals surface area (Å²) in [6.07, 6.45) is 0.129. The summed E-state index contributed by atoms with van der Waals surface area (Å²) in [6.45, 7) is 1.38. The highest BCUT2D eigenvalue weighted by molar-refractivity contribution is 7.92. The number of carbonyl (C=O) groups excluding carboxylic acids is 3. The van der Waals surface area contributed by atoms with Crippen LogP contribution in [0, 0.1) is 0 Å². The summed E-state index contributed by atoms with van der Waals surface area (Å²) in [4.78, 5) is 36.4. The van der Waals surface area contributed by atoms with E-state index in [4.69, 9.17) is 4.74 Å². The van der Waals surface area contributed by atoms with E-state index in [-0.39, 0.29) is 40.6 Å². The van der Waals surface area contributed by atoms with Gasteiger partial charge in [-0.1, -0.05) is 12.1 Å². The number of nitrogens with one attached hydrogen (secondary N) is 1. The number of carbonyl (C=O) groups is 3. The number of Topliss-reactive ketones (excluding diaryl/α,β-unsaturated/α-hetero) is 1. The average Bonchev–Trinajstić information content (AvgIpc) is 2.99. The number of imide groups is 1. The second-order valence-electron chi connectivity index (χ2n) is 6.20. The Morgan fingerprint density at radius 2 is 1.75 bits per heavy atom. The molecule has 28 heavy (non-hydrogen) atoms. The van der Waals surface area contributed by atoms with E-state index < -0.39 is 21.8 Å². The first kappa shape index (κ1) is 19.6. The van der Waals surface area contributed by atoms with E-state index in [1.54, 1.807) is 12.1 Å². The van der Waals surface area contributed by atoms with Crippen molar-refractivity contribution in [1.82, 2.24) is 0 Å². The van der Waals surface area contributed by atoms with Gasteiger partial charge in [0, 0.05) is 24.1 Å². The van der Waals surface area contributed by atoms with Crippen LogP contribution < -0.4 is 14.4 Å². The number of sulfonamides is 1. The number of benzene rings is 2. The molecule has 2 amide bonds. The number of amides is 2. The molecule has 0 aromatic heterocycles. The van der Waals surface area contributed by atoms with Crippen LogP contribution in [0.5, 0.6) is 5.75 Å². The summed E-state index contributed by atoms with van der Waals surface area (Å²) < 4.78 is 33.2. The molecule has 0 radical (unpaired) electrons. The molecule has 1 heterocycles. The highest BCUT2D eigenvalue weighted by Crippen LogP contribution is 2.34. The summed E-state index contributed by atoms with van der Waals surface area (Å²) in [5.74, 6) is -0.820. The van der Waals surface area contributed by atoms with Crippen LogP contribution in [0.1, 0.15) is 30.1 Å². The largest absolute Gasteiger partial charge is 0.495 e. The third kappa shape index (κ3) is 3.74. The fraction of sp³-hybridized carbons (Fsp3) is 0.211. The highest BCUT2D eigenvalue weighted by atomic mass is 32.2. The van der Waals surface area contributed by atoms with E-state index in [2.05, 4.69) is 4.72 Å². The Morgan fingerprint density at radius 3 is 2.36 bits per heavy atom. The predicted octanol–water partition coefficient (Wildman–Crippen LogP) is 2.35. The zero-order valence-corrected chi connectivity index (χ0v) is 16.1. The lowest BCUT2D eigenvalue weighted by Crippen LogP contribution is -2.29. The van der Waals surface area contributed by atoms with Crippen LogP contribution in [0.2, 0.25) is 0 Å². The molecule has 1 aliphatic rings.